The van der Waals surface area contributed by atoms with Gasteiger partial charge in [-0.15, -0.1) is 0 Å². The van der Waals surface area contributed by atoms with Gasteiger partial charge < -0.3 is 4.74 Å². The highest BCUT2D eigenvalue weighted by atomic mass is 19.4. The van der Waals surface area contributed by atoms with Crippen LogP contribution in [-0.4, -0.2) is 31.3 Å². The predicted molar refractivity (Wildman–Crippen MR) is 79.8 cm³/mol. The maximum absolute atomic E-state index is 13.0. The van der Waals surface area contributed by atoms with Crippen LogP contribution in [0.1, 0.15) is 18.2 Å². The molecule has 9 heteroatoms. The highest BCUT2D eigenvalue weighted by Crippen LogP contribution is 2.33. The Hall–Kier alpha value is -2.84. The summed E-state index contributed by atoms with van der Waals surface area (Å²) in [5.41, 5.74) is 0.628. The van der Waals surface area contributed by atoms with Gasteiger partial charge in [-0.1, -0.05) is 6.07 Å². The number of nitrogens with one attached hydrogen (secondary N) is 1. The molecule has 0 bridgehead atoms. The molecule has 0 saturated heterocycles. The largest absolute Gasteiger partial charge is 0.465 e. The monoisotopic (exact) mass is 337 g/mol. The van der Waals surface area contributed by atoms with Crippen molar-refractivity contribution in [2.24, 2.45) is 0 Å². The van der Waals surface area contributed by atoms with Crippen LogP contribution in [0.3, 0.4) is 0 Å². The number of aromatic nitrogens is 5. The Balaban J connectivity index is 2.17. The molecule has 0 aliphatic rings. The van der Waals surface area contributed by atoms with Crippen LogP contribution in [0.15, 0.2) is 30.6 Å². The molecule has 0 fully saturated rings. The van der Waals surface area contributed by atoms with Crippen molar-refractivity contribution < 1.29 is 17.9 Å². The van der Waals surface area contributed by atoms with E-state index in [1.54, 1.807) is 19.9 Å². The van der Waals surface area contributed by atoms with Crippen LogP contribution in [0, 0.1) is 6.92 Å². The lowest BCUT2D eigenvalue weighted by molar-refractivity contribution is -0.137. The first-order valence-corrected chi connectivity index (χ1v) is 7.17. The normalized spacial score (nSPS) is 11.7. The number of hydrogen-bond acceptors (Lipinski definition) is 4. The van der Waals surface area contributed by atoms with Crippen molar-refractivity contribution in [1.29, 1.82) is 0 Å². The average molecular weight is 337 g/mol. The molecule has 0 saturated carbocycles. The number of halogens is 3. The van der Waals surface area contributed by atoms with Gasteiger partial charge in [-0.3, -0.25) is 9.67 Å². The fourth-order valence-electron chi connectivity index (χ4n) is 2.37. The van der Waals surface area contributed by atoms with Crippen molar-refractivity contribution in [3.05, 3.63) is 41.9 Å². The summed E-state index contributed by atoms with van der Waals surface area (Å²) in [5.74, 6) is 0.416. The SMILES string of the molecule is CCOc1nc(-c2ncn[nH]2)c(C)n1-c1cccc(C(F)(F)F)c1. The Morgan fingerprint density at radius 1 is 1.29 bits per heavy atom. The van der Waals surface area contributed by atoms with Crippen LogP contribution < -0.4 is 4.74 Å². The second-order valence-electron chi connectivity index (χ2n) is 4.98. The number of nitrogens with zero attached hydrogens (tertiary/aromatic N) is 4. The molecule has 1 N–H and O–H groups in total. The number of benzene rings is 1. The lowest BCUT2D eigenvalue weighted by atomic mass is 10.2. The molecule has 2 aromatic heterocycles. The molecule has 0 unspecified atom stereocenters. The van der Waals surface area contributed by atoms with Crippen LogP contribution in [0.2, 0.25) is 0 Å². The number of rotatable bonds is 4. The summed E-state index contributed by atoms with van der Waals surface area (Å²) in [4.78, 5) is 8.37. The summed E-state index contributed by atoms with van der Waals surface area (Å²) in [6.07, 6.45) is -3.09. The van der Waals surface area contributed by atoms with E-state index < -0.39 is 11.7 Å². The van der Waals surface area contributed by atoms with E-state index in [0.717, 1.165) is 12.1 Å². The van der Waals surface area contributed by atoms with Gasteiger partial charge in [0.1, 0.15) is 12.0 Å². The lowest BCUT2D eigenvalue weighted by Gasteiger charge is -2.12. The Morgan fingerprint density at radius 2 is 2.08 bits per heavy atom. The fourth-order valence-corrected chi connectivity index (χ4v) is 2.37. The third kappa shape index (κ3) is 2.84. The minimum absolute atomic E-state index is 0.195. The molecule has 126 valence electrons. The molecule has 2 heterocycles. The van der Waals surface area contributed by atoms with Crippen LogP contribution in [0.25, 0.3) is 17.2 Å². The van der Waals surface area contributed by atoms with Crippen LogP contribution in [-0.2, 0) is 6.18 Å². The Kier molecular flexibility index (Phi) is 4.00. The first kappa shape index (κ1) is 16.0. The first-order chi connectivity index (χ1) is 11.4. The fraction of sp³-hybridized carbons (Fsp3) is 0.267. The molecule has 3 rings (SSSR count). The van der Waals surface area contributed by atoms with Crippen molar-refractivity contribution >= 4 is 0 Å². The minimum Gasteiger partial charge on any atom is -0.465 e. The molecule has 0 spiro atoms. The minimum atomic E-state index is -4.43. The van der Waals surface area contributed by atoms with E-state index in [2.05, 4.69) is 20.2 Å². The molecule has 0 atom stereocenters. The highest BCUT2D eigenvalue weighted by molar-refractivity contribution is 5.57. The van der Waals surface area contributed by atoms with E-state index in [1.165, 1.54) is 17.0 Å². The Bertz CT molecular complexity index is 839. The van der Waals surface area contributed by atoms with Crippen LogP contribution in [0.4, 0.5) is 13.2 Å². The molecule has 0 amide bonds. The third-order valence-corrected chi connectivity index (χ3v) is 3.42. The molecule has 1 aromatic carbocycles. The standard InChI is InChI=1S/C15H14F3N5O/c1-3-24-14-21-12(13-19-8-20-22-13)9(2)23(14)11-6-4-5-10(7-11)15(16,17)18/h4-8H,3H2,1-2H3,(H,19,20,22). The molecule has 24 heavy (non-hydrogen) atoms. The van der Waals surface area contributed by atoms with E-state index in [4.69, 9.17) is 4.74 Å². The Morgan fingerprint density at radius 3 is 2.71 bits per heavy atom. The van der Waals surface area contributed by atoms with Crippen molar-refractivity contribution in [3.63, 3.8) is 0 Å². The molecular weight excluding hydrogens is 323 g/mol. The van der Waals surface area contributed by atoms with Gasteiger partial charge >= 0.3 is 12.2 Å². The van der Waals surface area contributed by atoms with Gasteiger partial charge in [0.25, 0.3) is 0 Å². The number of aromatic amines is 1. The predicted octanol–water partition coefficient (Wildman–Crippen LogP) is 3.38. The maximum atomic E-state index is 13.0. The van der Waals surface area contributed by atoms with E-state index >= 15 is 0 Å². The van der Waals surface area contributed by atoms with Gasteiger partial charge in [-0.2, -0.15) is 23.3 Å². The molecule has 0 radical (unpaired) electrons. The molecular formula is C15H14F3N5O. The average Bonchev–Trinajstić information content (AvgIpc) is 3.15. The number of hydrogen-bond donors (Lipinski definition) is 1. The van der Waals surface area contributed by atoms with Crippen LogP contribution >= 0.6 is 0 Å². The number of ether oxygens (including phenoxy) is 1. The van der Waals surface area contributed by atoms with E-state index in [1.807, 2.05) is 0 Å². The summed E-state index contributed by atoms with van der Waals surface area (Å²) in [6.45, 7) is 3.83. The third-order valence-electron chi connectivity index (χ3n) is 3.42. The maximum Gasteiger partial charge on any atom is 0.416 e. The second kappa shape index (κ2) is 5.99. The van der Waals surface area contributed by atoms with Crippen molar-refractivity contribution in [2.75, 3.05) is 6.61 Å². The molecule has 0 aliphatic heterocycles. The van der Waals surface area contributed by atoms with Gasteiger partial charge in [0.15, 0.2) is 5.82 Å². The topological polar surface area (TPSA) is 68.6 Å². The van der Waals surface area contributed by atoms with Gasteiger partial charge in [-0.05, 0) is 32.0 Å². The Labute approximate surface area is 135 Å². The quantitative estimate of drug-likeness (QED) is 0.792. The smallest absolute Gasteiger partial charge is 0.416 e. The van der Waals surface area contributed by atoms with E-state index in [0.29, 0.717) is 29.5 Å². The first-order valence-electron chi connectivity index (χ1n) is 7.17. The zero-order chi connectivity index (χ0) is 17.3. The summed E-state index contributed by atoms with van der Waals surface area (Å²) < 4.78 is 46.0. The van der Waals surface area contributed by atoms with Gasteiger partial charge in [0, 0.05) is 0 Å². The van der Waals surface area contributed by atoms with E-state index in [-0.39, 0.29) is 6.01 Å². The van der Waals surface area contributed by atoms with Crippen molar-refractivity contribution in [1.82, 2.24) is 24.7 Å². The van der Waals surface area contributed by atoms with Crippen molar-refractivity contribution in [2.45, 2.75) is 20.0 Å². The zero-order valence-electron chi connectivity index (χ0n) is 12.9. The number of alkyl halides is 3. The number of H-pyrrole nitrogens is 1. The molecule has 3 aromatic rings. The molecule has 0 aliphatic carbocycles. The van der Waals surface area contributed by atoms with Gasteiger partial charge in [0.2, 0.25) is 0 Å². The molecule has 6 nitrogen and oxygen atoms in total. The van der Waals surface area contributed by atoms with Gasteiger partial charge in [0.05, 0.1) is 23.6 Å². The van der Waals surface area contributed by atoms with E-state index in [9.17, 15) is 13.2 Å². The second-order valence-corrected chi connectivity index (χ2v) is 4.98. The van der Waals surface area contributed by atoms with Crippen LogP contribution in [0.5, 0.6) is 6.01 Å². The number of imidazole rings is 1. The van der Waals surface area contributed by atoms with Crippen molar-refractivity contribution in [3.8, 4) is 23.2 Å². The summed E-state index contributed by atoms with van der Waals surface area (Å²) >= 11 is 0. The lowest BCUT2D eigenvalue weighted by Crippen LogP contribution is -2.08. The zero-order valence-corrected chi connectivity index (χ0v) is 12.9. The van der Waals surface area contributed by atoms with Gasteiger partial charge in [-0.25, -0.2) is 4.98 Å². The summed E-state index contributed by atoms with van der Waals surface area (Å²) in [6, 6.07) is 5.19. The summed E-state index contributed by atoms with van der Waals surface area (Å²) in [5, 5.41) is 6.46. The highest BCUT2D eigenvalue weighted by Gasteiger charge is 2.31. The summed E-state index contributed by atoms with van der Waals surface area (Å²) in [7, 11) is 0.